The number of benzene rings is 1. The number of carbonyl (C=O) groups is 1. The molecule has 0 unspecified atom stereocenters. The van der Waals surface area contributed by atoms with E-state index in [1.807, 2.05) is 20.8 Å². The lowest BCUT2D eigenvalue weighted by molar-refractivity contribution is 0.0695. The Bertz CT molecular complexity index is 629. The van der Waals surface area contributed by atoms with Crippen molar-refractivity contribution in [3.05, 3.63) is 52.0 Å². The summed E-state index contributed by atoms with van der Waals surface area (Å²) in [6.07, 6.45) is 0. The largest absolute Gasteiger partial charge is 0.485 e. The number of hydrogen-bond acceptors (Lipinski definition) is 3. The number of carboxylic acids is 1. The van der Waals surface area contributed by atoms with Crippen LogP contribution in [0, 0.1) is 27.7 Å². The van der Waals surface area contributed by atoms with E-state index >= 15 is 0 Å². The third-order valence-corrected chi connectivity index (χ3v) is 3.16. The molecule has 0 aliphatic heterocycles. The van der Waals surface area contributed by atoms with Crippen LogP contribution in [0.25, 0.3) is 0 Å². The van der Waals surface area contributed by atoms with Gasteiger partial charge in [0, 0.05) is 0 Å². The molecule has 4 nitrogen and oxygen atoms in total. The topological polar surface area (TPSA) is 59.7 Å². The first-order valence-electron chi connectivity index (χ1n) is 6.41. The minimum absolute atomic E-state index is 0.181. The average molecular weight is 274 g/mol. The van der Waals surface area contributed by atoms with Crippen LogP contribution in [-0.2, 0) is 6.61 Å². The van der Waals surface area contributed by atoms with Gasteiger partial charge in [0.15, 0.2) is 0 Å². The molecule has 1 aromatic carbocycles. The number of aryl methyl sites for hydroxylation is 4. The molecule has 0 fully saturated rings. The van der Waals surface area contributed by atoms with Crippen molar-refractivity contribution in [2.45, 2.75) is 34.3 Å². The average Bonchev–Trinajstić information content (AvgIpc) is 2.69. The normalized spacial score (nSPS) is 10.6. The summed E-state index contributed by atoms with van der Waals surface area (Å²) >= 11 is 0. The Morgan fingerprint density at radius 1 is 1.15 bits per heavy atom. The minimum Gasteiger partial charge on any atom is -0.485 e. The third kappa shape index (κ3) is 2.85. The summed E-state index contributed by atoms with van der Waals surface area (Å²) in [5.74, 6) is 0.745. The molecule has 106 valence electrons. The summed E-state index contributed by atoms with van der Waals surface area (Å²) in [7, 11) is 0. The lowest BCUT2D eigenvalue weighted by Gasteiger charge is -2.12. The Labute approximate surface area is 118 Å². The zero-order valence-electron chi connectivity index (χ0n) is 12.1. The van der Waals surface area contributed by atoms with Crippen LogP contribution in [0.2, 0.25) is 0 Å². The fraction of sp³-hybridized carbons (Fsp3) is 0.312. The van der Waals surface area contributed by atoms with Gasteiger partial charge in [-0.05, 0) is 44.9 Å². The van der Waals surface area contributed by atoms with Crippen LogP contribution < -0.4 is 4.74 Å². The molecule has 0 aliphatic carbocycles. The summed E-state index contributed by atoms with van der Waals surface area (Å²) in [4.78, 5) is 11.0. The van der Waals surface area contributed by atoms with Gasteiger partial charge in [-0.3, -0.25) is 0 Å². The van der Waals surface area contributed by atoms with Gasteiger partial charge >= 0.3 is 5.97 Å². The van der Waals surface area contributed by atoms with Crippen LogP contribution in [0.5, 0.6) is 5.75 Å². The fourth-order valence-corrected chi connectivity index (χ4v) is 2.36. The molecule has 0 bridgehead atoms. The van der Waals surface area contributed by atoms with Gasteiger partial charge in [0.25, 0.3) is 0 Å². The first-order chi connectivity index (χ1) is 9.38. The van der Waals surface area contributed by atoms with E-state index in [1.54, 1.807) is 6.92 Å². The number of ether oxygens (including phenoxy) is 1. The Kier molecular flexibility index (Phi) is 3.84. The molecule has 4 heteroatoms. The van der Waals surface area contributed by atoms with Crippen LogP contribution in [-0.4, -0.2) is 11.1 Å². The zero-order valence-corrected chi connectivity index (χ0v) is 12.1. The van der Waals surface area contributed by atoms with E-state index in [0.29, 0.717) is 11.5 Å². The van der Waals surface area contributed by atoms with Gasteiger partial charge in [-0.2, -0.15) is 0 Å². The maximum Gasteiger partial charge on any atom is 0.339 e. The van der Waals surface area contributed by atoms with E-state index in [2.05, 4.69) is 12.1 Å². The van der Waals surface area contributed by atoms with Crippen molar-refractivity contribution < 1.29 is 19.1 Å². The molecule has 1 heterocycles. The van der Waals surface area contributed by atoms with Crippen LogP contribution in [0.1, 0.15) is 38.6 Å². The van der Waals surface area contributed by atoms with E-state index in [0.717, 1.165) is 16.9 Å². The van der Waals surface area contributed by atoms with Crippen molar-refractivity contribution in [2.75, 3.05) is 0 Å². The second kappa shape index (κ2) is 5.41. The summed E-state index contributed by atoms with van der Waals surface area (Å²) in [5.41, 5.74) is 3.49. The summed E-state index contributed by atoms with van der Waals surface area (Å²) < 4.78 is 11.2. The highest BCUT2D eigenvalue weighted by atomic mass is 16.5. The summed E-state index contributed by atoms with van der Waals surface area (Å²) in [6, 6.07) is 5.62. The third-order valence-electron chi connectivity index (χ3n) is 3.16. The second-order valence-electron chi connectivity index (χ2n) is 5.00. The molecule has 0 atom stereocenters. The van der Waals surface area contributed by atoms with Crippen molar-refractivity contribution in [3.8, 4) is 5.75 Å². The molecule has 0 saturated carbocycles. The molecule has 2 rings (SSSR count). The quantitative estimate of drug-likeness (QED) is 0.921. The van der Waals surface area contributed by atoms with Gasteiger partial charge in [-0.15, -0.1) is 0 Å². The van der Waals surface area contributed by atoms with Crippen molar-refractivity contribution in [1.82, 2.24) is 0 Å². The number of aromatic carboxylic acids is 1. The Morgan fingerprint density at radius 3 is 2.25 bits per heavy atom. The van der Waals surface area contributed by atoms with Gasteiger partial charge in [0.2, 0.25) is 0 Å². The van der Waals surface area contributed by atoms with E-state index < -0.39 is 5.97 Å². The number of rotatable bonds is 4. The van der Waals surface area contributed by atoms with Crippen molar-refractivity contribution in [2.24, 2.45) is 0 Å². The highest BCUT2D eigenvalue weighted by Crippen LogP contribution is 2.26. The van der Waals surface area contributed by atoms with Crippen LogP contribution in [0.4, 0.5) is 0 Å². The molecule has 2 aromatic rings. The summed E-state index contributed by atoms with van der Waals surface area (Å²) in [5, 5.41) is 8.98. The SMILES string of the molecule is Cc1cc(C)c(OCc2cc(C(=O)O)c(C)o2)c(C)c1. The molecule has 0 amide bonds. The Morgan fingerprint density at radius 2 is 1.75 bits per heavy atom. The number of carboxylic acid groups (broad SMARTS) is 1. The molecule has 0 spiro atoms. The van der Waals surface area contributed by atoms with E-state index in [-0.39, 0.29) is 12.2 Å². The predicted octanol–water partition coefficient (Wildman–Crippen LogP) is 3.79. The van der Waals surface area contributed by atoms with Gasteiger partial charge in [-0.25, -0.2) is 4.79 Å². The van der Waals surface area contributed by atoms with Gasteiger partial charge in [0.05, 0.1) is 0 Å². The van der Waals surface area contributed by atoms with E-state index in [9.17, 15) is 4.79 Å². The molecule has 0 radical (unpaired) electrons. The molecular weight excluding hydrogens is 256 g/mol. The minimum atomic E-state index is -0.986. The molecular formula is C16H18O4. The summed E-state index contributed by atoms with van der Waals surface area (Å²) in [6.45, 7) is 7.88. The van der Waals surface area contributed by atoms with Gasteiger partial charge < -0.3 is 14.3 Å². The first-order valence-corrected chi connectivity index (χ1v) is 6.41. The molecule has 0 aliphatic rings. The van der Waals surface area contributed by atoms with Gasteiger partial charge in [-0.1, -0.05) is 17.7 Å². The lowest BCUT2D eigenvalue weighted by atomic mass is 10.1. The molecule has 1 aromatic heterocycles. The first kappa shape index (κ1) is 14.2. The van der Waals surface area contributed by atoms with Crippen molar-refractivity contribution >= 4 is 5.97 Å². The molecule has 20 heavy (non-hydrogen) atoms. The van der Waals surface area contributed by atoms with Crippen molar-refractivity contribution in [3.63, 3.8) is 0 Å². The Hall–Kier alpha value is -2.23. The van der Waals surface area contributed by atoms with Crippen LogP contribution in [0.15, 0.2) is 22.6 Å². The predicted molar refractivity (Wildman–Crippen MR) is 75.4 cm³/mol. The smallest absolute Gasteiger partial charge is 0.339 e. The highest BCUT2D eigenvalue weighted by Gasteiger charge is 2.14. The highest BCUT2D eigenvalue weighted by molar-refractivity contribution is 5.88. The van der Waals surface area contributed by atoms with Crippen LogP contribution in [0.3, 0.4) is 0 Å². The number of furan rings is 1. The van der Waals surface area contributed by atoms with Crippen LogP contribution >= 0.6 is 0 Å². The monoisotopic (exact) mass is 274 g/mol. The Balaban J connectivity index is 2.17. The zero-order chi connectivity index (χ0) is 14.9. The second-order valence-corrected chi connectivity index (χ2v) is 5.00. The standard InChI is InChI=1S/C16H18O4/c1-9-5-10(2)15(11(3)6-9)19-8-13-7-14(16(17)18)12(4)20-13/h5-7H,8H2,1-4H3,(H,17,18). The maximum absolute atomic E-state index is 11.0. The van der Waals surface area contributed by atoms with E-state index in [4.69, 9.17) is 14.3 Å². The number of hydrogen-bond donors (Lipinski definition) is 1. The van der Waals surface area contributed by atoms with E-state index in [1.165, 1.54) is 11.6 Å². The fourth-order valence-electron chi connectivity index (χ4n) is 2.36. The molecule has 1 N–H and O–H groups in total. The molecule has 0 saturated heterocycles. The maximum atomic E-state index is 11.0. The van der Waals surface area contributed by atoms with Crippen molar-refractivity contribution in [1.29, 1.82) is 0 Å². The van der Waals surface area contributed by atoms with Gasteiger partial charge in [0.1, 0.15) is 29.4 Å². The lowest BCUT2D eigenvalue weighted by Crippen LogP contribution is -1.99.